The molecule has 0 aliphatic carbocycles. The second-order valence-corrected chi connectivity index (χ2v) is 6.42. The van der Waals surface area contributed by atoms with Gasteiger partial charge in [0.05, 0.1) is 12.7 Å². The van der Waals surface area contributed by atoms with E-state index in [-0.39, 0.29) is 22.8 Å². The van der Waals surface area contributed by atoms with E-state index in [1.54, 1.807) is 48.5 Å². The normalized spacial score (nSPS) is 10.7. The highest BCUT2D eigenvalue weighted by Gasteiger charge is 2.16. The summed E-state index contributed by atoms with van der Waals surface area (Å²) in [6.07, 6.45) is 3.03. The van der Waals surface area contributed by atoms with Crippen LogP contribution in [0.15, 0.2) is 72.8 Å². The molecule has 0 amide bonds. The van der Waals surface area contributed by atoms with E-state index in [9.17, 15) is 14.0 Å². The van der Waals surface area contributed by atoms with Gasteiger partial charge in [-0.3, -0.25) is 4.79 Å². The Morgan fingerprint density at radius 1 is 0.966 bits per heavy atom. The van der Waals surface area contributed by atoms with Gasteiger partial charge in [0.1, 0.15) is 5.82 Å². The van der Waals surface area contributed by atoms with E-state index < -0.39 is 11.8 Å². The van der Waals surface area contributed by atoms with Crippen molar-refractivity contribution in [3.05, 3.63) is 100 Å². The molecule has 0 saturated carbocycles. The number of methoxy groups -OCH3 is 1. The Bertz CT molecular complexity index is 1070. The molecule has 4 nitrogen and oxygen atoms in total. The van der Waals surface area contributed by atoms with Gasteiger partial charge < -0.3 is 9.47 Å². The lowest BCUT2D eigenvalue weighted by Crippen LogP contribution is -2.11. The number of hydrogen-bond donors (Lipinski definition) is 0. The van der Waals surface area contributed by atoms with Crippen LogP contribution in [-0.2, 0) is 0 Å². The zero-order valence-corrected chi connectivity index (χ0v) is 16.2. The molecule has 0 fully saturated rings. The Labute approximate surface area is 172 Å². The van der Waals surface area contributed by atoms with Crippen molar-refractivity contribution in [2.24, 2.45) is 0 Å². The number of carbonyl (C=O) groups is 2. The van der Waals surface area contributed by atoms with Gasteiger partial charge in [0, 0.05) is 10.6 Å². The molecule has 0 N–H and O–H groups in total. The molecule has 3 rings (SSSR count). The highest BCUT2D eigenvalue weighted by atomic mass is 35.5. The Kier molecular flexibility index (Phi) is 6.42. The van der Waals surface area contributed by atoms with Crippen molar-refractivity contribution in [3.8, 4) is 11.5 Å². The second-order valence-electron chi connectivity index (χ2n) is 5.98. The number of ketones is 1. The number of hydrogen-bond acceptors (Lipinski definition) is 4. The molecule has 146 valence electrons. The largest absolute Gasteiger partial charge is 0.493 e. The van der Waals surface area contributed by atoms with Crippen molar-refractivity contribution in [2.75, 3.05) is 7.11 Å². The van der Waals surface area contributed by atoms with Crippen LogP contribution in [-0.4, -0.2) is 18.9 Å². The van der Waals surface area contributed by atoms with Crippen molar-refractivity contribution in [1.82, 2.24) is 0 Å². The van der Waals surface area contributed by atoms with E-state index in [0.717, 1.165) is 0 Å². The van der Waals surface area contributed by atoms with E-state index >= 15 is 0 Å². The second kappa shape index (κ2) is 9.17. The molecule has 0 saturated heterocycles. The molecule has 3 aromatic rings. The molecule has 0 atom stereocenters. The van der Waals surface area contributed by atoms with E-state index in [2.05, 4.69) is 0 Å². The number of ether oxygens (including phenoxy) is 2. The third-order valence-electron chi connectivity index (χ3n) is 4.04. The predicted octanol–water partition coefficient (Wildman–Crippen LogP) is 5.60. The van der Waals surface area contributed by atoms with Crippen molar-refractivity contribution in [2.45, 2.75) is 0 Å². The lowest BCUT2D eigenvalue weighted by atomic mass is 10.1. The first-order valence-electron chi connectivity index (χ1n) is 8.60. The van der Waals surface area contributed by atoms with Gasteiger partial charge in [-0.05, 0) is 60.2 Å². The standard InChI is InChI=1S/C23H16ClFO4/c1-28-22-14-15(6-12-20(26)16-8-10-17(24)11-9-16)7-13-21(22)29-23(27)18-4-2-3-5-19(18)25/h2-14H,1H3. The number of rotatable bonds is 6. The zero-order chi connectivity index (χ0) is 20.8. The van der Waals surface area contributed by atoms with E-state index in [4.69, 9.17) is 21.1 Å². The maximum atomic E-state index is 13.7. The first kappa shape index (κ1) is 20.3. The third kappa shape index (κ3) is 5.09. The monoisotopic (exact) mass is 410 g/mol. The van der Waals surface area contributed by atoms with Gasteiger partial charge in [-0.25, -0.2) is 9.18 Å². The van der Waals surface area contributed by atoms with Gasteiger partial charge in [0.2, 0.25) is 0 Å². The third-order valence-corrected chi connectivity index (χ3v) is 4.29. The van der Waals surface area contributed by atoms with Crippen LogP contribution in [0.3, 0.4) is 0 Å². The van der Waals surface area contributed by atoms with E-state index in [0.29, 0.717) is 16.1 Å². The van der Waals surface area contributed by atoms with E-state index in [1.165, 1.54) is 37.5 Å². The summed E-state index contributed by atoms with van der Waals surface area (Å²) in [7, 11) is 1.42. The highest BCUT2D eigenvalue weighted by Crippen LogP contribution is 2.29. The Balaban J connectivity index is 1.76. The number of esters is 1. The molecule has 0 unspecified atom stereocenters. The summed E-state index contributed by atoms with van der Waals surface area (Å²) in [5, 5.41) is 0.552. The van der Waals surface area contributed by atoms with Crippen LogP contribution in [0.1, 0.15) is 26.3 Å². The van der Waals surface area contributed by atoms with Crippen molar-refractivity contribution < 1.29 is 23.5 Å². The first-order valence-corrected chi connectivity index (χ1v) is 8.98. The average molecular weight is 411 g/mol. The lowest BCUT2D eigenvalue weighted by Gasteiger charge is -2.10. The van der Waals surface area contributed by atoms with Crippen LogP contribution in [0, 0.1) is 5.82 Å². The molecule has 0 bridgehead atoms. The molecule has 0 aliphatic heterocycles. The van der Waals surface area contributed by atoms with Crippen LogP contribution >= 0.6 is 11.6 Å². The molecular weight excluding hydrogens is 395 g/mol. The summed E-state index contributed by atoms with van der Waals surface area (Å²) >= 11 is 5.82. The Hall–Kier alpha value is -3.44. The summed E-state index contributed by atoms with van der Waals surface area (Å²) in [6, 6.07) is 16.9. The lowest BCUT2D eigenvalue weighted by molar-refractivity contribution is 0.0724. The van der Waals surface area contributed by atoms with Crippen LogP contribution in [0.5, 0.6) is 11.5 Å². The quantitative estimate of drug-likeness (QED) is 0.229. The average Bonchev–Trinajstić information content (AvgIpc) is 2.73. The number of halogens is 2. The molecule has 0 radical (unpaired) electrons. The van der Waals surface area contributed by atoms with Crippen LogP contribution < -0.4 is 9.47 Å². The topological polar surface area (TPSA) is 52.6 Å². The molecule has 3 aromatic carbocycles. The summed E-state index contributed by atoms with van der Waals surface area (Å²) in [4.78, 5) is 24.4. The summed E-state index contributed by atoms with van der Waals surface area (Å²) in [5.74, 6) is -1.27. The maximum absolute atomic E-state index is 13.7. The molecular formula is C23H16ClFO4. The van der Waals surface area contributed by atoms with Crippen LogP contribution in [0.2, 0.25) is 5.02 Å². The summed E-state index contributed by atoms with van der Waals surface area (Å²) in [5.41, 5.74) is 0.995. The molecule has 0 heterocycles. The number of benzene rings is 3. The highest BCUT2D eigenvalue weighted by molar-refractivity contribution is 6.30. The van der Waals surface area contributed by atoms with Gasteiger partial charge in [0.15, 0.2) is 17.3 Å². The van der Waals surface area contributed by atoms with Gasteiger partial charge in [-0.2, -0.15) is 0 Å². The predicted molar refractivity (Wildman–Crippen MR) is 109 cm³/mol. The first-order chi connectivity index (χ1) is 14.0. The van der Waals surface area contributed by atoms with Crippen LogP contribution in [0.4, 0.5) is 4.39 Å². The molecule has 6 heteroatoms. The fourth-order valence-electron chi connectivity index (χ4n) is 2.54. The summed E-state index contributed by atoms with van der Waals surface area (Å²) < 4.78 is 24.3. The van der Waals surface area contributed by atoms with Gasteiger partial charge >= 0.3 is 5.97 Å². The van der Waals surface area contributed by atoms with Crippen LogP contribution in [0.25, 0.3) is 6.08 Å². The minimum Gasteiger partial charge on any atom is -0.493 e. The van der Waals surface area contributed by atoms with Crippen molar-refractivity contribution in [3.63, 3.8) is 0 Å². The molecule has 0 spiro atoms. The minimum atomic E-state index is -0.831. The van der Waals surface area contributed by atoms with Gasteiger partial charge in [0.25, 0.3) is 0 Å². The van der Waals surface area contributed by atoms with Crippen molar-refractivity contribution in [1.29, 1.82) is 0 Å². The van der Waals surface area contributed by atoms with Gasteiger partial charge in [-0.1, -0.05) is 35.9 Å². The zero-order valence-electron chi connectivity index (χ0n) is 15.4. The number of allylic oxidation sites excluding steroid dienone is 1. The van der Waals surface area contributed by atoms with E-state index in [1.807, 2.05) is 0 Å². The van der Waals surface area contributed by atoms with Gasteiger partial charge in [-0.15, -0.1) is 0 Å². The molecule has 29 heavy (non-hydrogen) atoms. The smallest absolute Gasteiger partial charge is 0.346 e. The summed E-state index contributed by atoms with van der Waals surface area (Å²) in [6.45, 7) is 0. The fraction of sp³-hybridized carbons (Fsp3) is 0.0435. The Morgan fingerprint density at radius 3 is 2.38 bits per heavy atom. The van der Waals surface area contributed by atoms with Crippen molar-refractivity contribution >= 4 is 29.4 Å². The Morgan fingerprint density at radius 2 is 1.69 bits per heavy atom. The SMILES string of the molecule is COc1cc(C=CC(=O)c2ccc(Cl)cc2)ccc1OC(=O)c1ccccc1F. The fourth-order valence-corrected chi connectivity index (χ4v) is 2.66. The maximum Gasteiger partial charge on any atom is 0.346 e. The number of carbonyl (C=O) groups excluding carboxylic acids is 2. The molecule has 0 aliphatic rings. The minimum absolute atomic E-state index is 0.141. The molecule has 0 aromatic heterocycles.